The second-order valence-corrected chi connectivity index (χ2v) is 2.32. The highest BCUT2D eigenvalue weighted by molar-refractivity contribution is 5.96. The number of Topliss-reactive ketones (excluding diaryl/α,β-unsaturated/α-hetero) is 1. The van der Waals surface area contributed by atoms with Crippen LogP contribution in [0.15, 0.2) is 6.20 Å². The molecule has 0 radical (unpaired) electrons. The molecule has 0 aliphatic carbocycles. The minimum atomic E-state index is -0.621. The minimum absolute atomic E-state index is 0.0278. The van der Waals surface area contributed by atoms with E-state index in [2.05, 4.69) is 5.10 Å². The Hall–Kier alpha value is -1.72. The zero-order valence-corrected chi connectivity index (χ0v) is 6.64. The highest BCUT2D eigenvalue weighted by atomic mass is 16.6. The number of aromatic nitrogens is 2. The van der Waals surface area contributed by atoms with Crippen LogP contribution < -0.4 is 0 Å². The van der Waals surface area contributed by atoms with Gasteiger partial charge in [0.05, 0.1) is 4.92 Å². The summed E-state index contributed by atoms with van der Waals surface area (Å²) < 4.78 is 1.19. The van der Waals surface area contributed by atoms with Crippen LogP contribution in [0.3, 0.4) is 0 Å². The summed E-state index contributed by atoms with van der Waals surface area (Å²) in [6.45, 7) is 1.27. The quantitative estimate of drug-likeness (QED) is 0.367. The van der Waals surface area contributed by atoms with E-state index in [1.165, 1.54) is 18.7 Å². The number of ketones is 1. The first-order valence-electron chi connectivity index (χ1n) is 3.21. The molecule has 0 aromatic carbocycles. The number of carbonyl (C=O) groups is 1. The third-order valence-electron chi connectivity index (χ3n) is 1.45. The van der Waals surface area contributed by atoms with Gasteiger partial charge >= 0.3 is 5.69 Å². The molecule has 1 aromatic rings. The normalized spacial score (nSPS) is 9.83. The summed E-state index contributed by atoms with van der Waals surface area (Å²) >= 11 is 0. The number of nitro groups is 1. The zero-order chi connectivity index (χ0) is 9.30. The molecule has 0 amide bonds. The van der Waals surface area contributed by atoms with Crippen molar-refractivity contribution < 1.29 is 9.72 Å². The molecule has 0 N–H and O–H groups in total. The average molecular weight is 169 g/mol. The van der Waals surface area contributed by atoms with Gasteiger partial charge < -0.3 is 0 Å². The van der Waals surface area contributed by atoms with Gasteiger partial charge in [-0.25, -0.2) is 0 Å². The van der Waals surface area contributed by atoms with Crippen molar-refractivity contribution >= 4 is 11.5 Å². The summed E-state index contributed by atoms with van der Waals surface area (Å²) in [5, 5.41) is 14.0. The van der Waals surface area contributed by atoms with Gasteiger partial charge in [-0.1, -0.05) is 0 Å². The van der Waals surface area contributed by atoms with Crippen molar-refractivity contribution in [3.63, 3.8) is 0 Å². The Kier molecular flexibility index (Phi) is 1.90. The molecule has 0 spiro atoms. The summed E-state index contributed by atoms with van der Waals surface area (Å²) in [5.74, 6) is -0.360. The van der Waals surface area contributed by atoms with Crippen LogP contribution in [0.25, 0.3) is 0 Å². The van der Waals surface area contributed by atoms with Crippen LogP contribution in [0.5, 0.6) is 0 Å². The first kappa shape index (κ1) is 8.38. The van der Waals surface area contributed by atoms with Crippen molar-refractivity contribution in [1.82, 2.24) is 9.78 Å². The average Bonchev–Trinajstić information content (AvgIpc) is 2.30. The Balaban J connectivity index is 3.31. The van der Waals surface area contributed by atoms with E-state index in [1.54, 1.807) is 0 Å². The number of aryl methyl sites for hydroxylation is 1. The van der Waals surface area contributed by atoms with Gasteiger partial charge in [0.15, 0.2) is 11.5 Å². The maximum atomic E-state index is 10.9. The Morgan fingerprint density at radius 2 is 2.33 bits per heavy atom. The van der Waals surface area contributed by atoms with Crippen molar-refractivity contribution in [1.29, 1.82) is 0 Å². The lowest BCUT2D eigenvalue weighted by Crippen LogP contribution is -2.05. The molecular weight excluding hydrogens is 162 g/mol. The summed E-state index contributed by atoms with van der Waals surface area (Å²) in [5.41, 5.74) is -0.218. The van der Waals surface area contributed by atoms with Gasteiger partial charge in [0.2, 0.25) is 0 Å². The molecule has 1 aromatic heterocycles. The van der Waals surface area contributed by atoms with Crippen molar-refractivity contribution in [3.05, 3.63) is 22.0 Å². The lowest BCUT2D eigenvalue weighted by Gasteiger charge is -1.93. The fourth-order valence-electron chi connectivity index (χ4n) is 0.968. The van der Waals surface area contributed by atoms with Crippen LogP contribution in [0, 0.1) is 10.1 Å². The van der Waals surface area contributed by atoms with Crippen LogP contribution in [0.2, 0.25) is 0 Å². The van der Waals surface area contributed by atoms with Crippen molar-refractivity contribution in [2.75, 3.05) is 0 Å². The molecule has 6 heteroatoms. The third kappa shape index (κ3) is 1.18. The maximum Gasteiger partial charge on any atom is 0.317 e. The largest absolute Gasteiger partial charge is 0.317 e. The number of hydrogen-bond donors (Lipinski definition) is 0. The van der Waals surface area contributed by atoms with Crippen LogP contribution in [-0.2, 0) is 7.05 Å². The summed E-state index contributed by atoms with van der Waals surface area (Å²) in [7, 11) is 1.49. The molecule has 0 aliphatic rings. The molecule has 1 heterocycles. The summed E-state index contributed by atoms with van der Waals surface area (Å²) in [6, 6.07) is 0. The Morgan fingerprint density at radius 1 is 1.75 bits per heavy atom. The molecule has 0 atom stereocenters. The molecule has 0 unspecified atom stereocenters. The van der Waals surface area contributed by atoms with E-state index in [4.69, 9.17) is 0 Å². The smallest absolute Gasteiger partial charge is 0.292 e. The van der Waals surface area contributed by atoms with Gasteiger partial charge in [-0.05, 0) is 0 Å². The number of carbonyl (C=O) groups excluding carboxylic acids is 1. The van der Waals surface area contributed by atoms with E-state index in [0.29, 0.717) is 0 Å². The van der Waals surface area contributed by atoms with Crippen molar-refractivity contribution in [3.8, 4) is 0 Å². The van der Waals surface area contributed by atoms with E-state index in [9.17, 15) is 14.9 Å². The molecule has 6 nitrogen and oxygen atoms in total. The lowest BCUT2D eigenvalue weighted by molar-refractivity contribution is -0.385. The molecule has 64 valence electrons. The summed E-state index contributed by atoms with van der Waals surface area (Å²) in [4.78, 5) is 20.6. The second-order valence-electron chi connectivity index (χ2n) is 2.32. The fourth-order valence-corrected chi connectivity index (χ4v) is 0.968. The van der Waals surface area contributed by atoms with Crippen LogP contribution >= 0.6 is 0 Å². The highest BCUT2D eigenvalue weighted by Crippen LogP contribution is 2.16. The predicted molar refractivity (Wildman–Crippen MR) is 39.9 cm³/mol. The fraction of sp³-hybridized carbons (Fsp3) is 0.333. The molecule has 0 saturated heterocycles. The van der Waals surface area contributed by atoms with Gasteiger partial charge in [0.25, 0.3) is 0 Å². The minimum Gasteiger partial charge on any atom is -0.292 e. The Labute approximate surface area is 67.9 Å². The first-order valence-corrected chi connectivity index (χ1v) is 3.21. The van der Waals surface area contributed by atoms with Crippen molar-refractivity contribution in [2.24, 2.45) is 7.05 Å². The number of rotatable bonds is 2. The molecule has 0 aliphatic heterocycles. The van der Waals surface area contributed by atoms with Crippen LogP contribution in [0.1, 0.15) is 17.4 Å². The topological polar surface area (TPSA) is 78.0 Å². The van der Waals surface area contributed by atoms with Gasteiger partial charge in [-0.3, -0.25) is 19.6 Å². The Morgan fingerprint density at radius 3 is 2.67 bits per heavy atom. The van der Waals surface area contributed by atoms with Gasteiger partial charge in [0.1, 0.15) is 6.20 Å². The molecule has 0 bridgehead atoms. The predicted octanol–water partition coefficient (Wildman–Crippen LogP) is 0.531. The summed E-state index contributed by atoms with van der Waals surface area (Å²) in [6.07, 6.45) is 1.07. The maximum absolute atomic E-state index is 10.9. The third-order valence-corrected chi connectivity index (χ3v) is 1.45. The second kappa shape index (κ2) is 2.72. The van der Waals surface area contributed by atoms with E-state index in [-0.39, 0.29) is 17.2 Å². The monoisotopic (exact) mass is 169 g/mol. The zero-order valence-electron chi connectivity index (χ0n) is 6.64. The molecular formula is C6H7N3O3. The highest BCUT2D eigenvalue weighted by Gasteiger charge is 2.21. The van der Waals surface area contributed by atoms with Crippen molar-refractivity contribution in [2.45, 2.75) is 6.92 Å². The van der Waals surface area contributed by atoms with Gasteiger partial charge in [0, 0.05) is 14.0 Å². The van der Waals surface area contributed by atoms with Crippen LogP contribution in [-0.4, -0.2) is 20.5 Å². The number of nitrogens with zero attached hydrogens (tertiary/aromatic N) is 3. The SMILES string of the molecule is CC(=O)c1c([N+](=O)[O-])cnn1C. The molecule has 1 rings (SSSR count). The van der Waals surface area contributed by atoms with Crippen LogP contribution in [0.4, 0.5) is 5.69 Å². The molecule has 0 saturated carbocycles. The van der Waals surface area contributed by atoms with E-state index in [1.807, 2.05) is 0 Å². The standard InChI is InChI=1S/C6H7N3O3/c1-4(10)6-5(9(11)12)3-7-8(6)2/h3H,1-2H3. The Bertz CT molecular complexity index is 342. The van der Waals surface area contributed by atoms with E-state index in [0.717, 1.165) is 6.20 Å². The van der Waals surface area contributed by atoms with Gasteiger partial charge in [-0.15, -0.1) is 0 Å². The lowest BCUT2D eigenvalue weighted by atomic mass is 10.3. The van der Waals surface area contributed by atoms with E-state index < -0.39 is 4.92 Å². The molecule has 12 heavy (non-hydrogen) atoms. The van der Waals surface area contributed by atoms with E-state index >= 15 is 0 Å². The first-order chi connectivity index (χ1) is 5.54. The number of hydrogen-bond acceptors (Lipinski definition) is 4. The van der Waals surface area contributed by atoms with Gasteiger partial charge in [-0.2, -0.15) is 5.10 Å². The molecule has 0 fully saturated rings.